The Balaban J connectivity index is 5.09. The van der Waals surface area contributed by atoms with Gasteiger partial charge in [0.15, 0.2) is 12.2 Å². The smallest absolute Gasteiger partial charge is 0.462 e. The first-order valence-electron chi connectivity index (χ1n) is 30.9. The molecule has 0 rings (SSSR count). The van der Waals surface area contributed by atoms with Crippen LogP contribution in [0.2, 0.25) is 0 Å². The zero-order valence-corrected chi connectivity index (χ0v) is 50.8. The molecule has 462 valence electrons. The van der Waals surface area contributed by atoms with Gasteiger partial charge in [0.2, 0.25) is 0 Å². The highest BCUT2D eigenvalue weighted by Gasteiger charge is 2.30. The van der Waals surface area contributed by atoms with Crippen molar-refractivity contribution in [3.05, 3.63) is 13.8 Å². The van der Waals surface area contributed by atoms with Crippen LogP contribution in [0.5, 0.6) is 0 Å². The van der Waals surface area contributed by atoms with Crippen molar-refractivity contribution < 1.29 is 80.2 Å². The Morgan fingerprint density at radius 1 is 0.346 bits per heavy atom. The SMILES string of the molecule is [CH2-]CCCCCCCCCCCCCCCC(=O)OC[C@H](COP(=O)(O)OC[C@H](O)COP(=O)(O)OC[C@@H](COC(=O)CCCCCCC)OC(=O)CCCCC[CH2-])OC(=O)CCCCCCCCCCCCCCCCC. The predicted molar refractivity (Wildman–Crippen MR) is 307 cm³/mol. The van der Waals surface area contributed by atoms with Crippen LogP contribution in [-0.2, 0) is 65.4 Å². The largest absolute Gasteiger partial charge is 0.472 e. The number of carbonyl (C=O) groups excluding carboxylic acids is 4. The molecule has 0 aromatic heterocycles. The van der Waals surface area contributed by atoms with Gasteiger partial charge in [-0.05, 0) is 25.7 Å². The molecule has 0 spiro atoms. The number of phosphoric ester groups is 2. The average molecular weight is 1160 g/mol. The van der Waals surface area contributed by atoms with Gasteiger partial charge in [-0.25, -0.2) is 9.13 Å². The summed E-state index contributed by atoms with van der Waals surface area (Å²) < 4.78 is 67.2. The molecule has 78 heavy (non-hydrogen) atoms. The lowest BCUT2D eigenvalue weighted by Crippen LogP contribution is -2.30. The molecule has 0 radical (unpaired) electrons. The molecular weight excluding hydrogens is 1040 g/mol. The molecule has 0 aliphatic rings. The van der Waals surface area contributed by atoms with Crippen LogP contribution in [0, 0.1) is 13.8 Å². The fourth-order valence-corrected chi connectivity index (χ4v) is 10.2. The summed E-state index contributed by atoms with van der Waals surface area (Å²) in [6.45, 7) is 8.00. The third-order valence-corrected chi connectivity index (χ3v) is 15.3. The maximum atomic E-state index is 12.9. The number of aliphatic hydroxyl groups is 1. The minimum atomic E-state index is -4.94. The molecule has 3 N–H and O–H groups in total. The molecule has 0 aromatic rings. The highest BCUT2D eigenvalue weighted by atomic mass is 31.2. The predicted octanol–water partition coefficient (Wildman–Crippen LogP) is 15.6. The number of aliphatic hydroxyl groups excluding tert-OH is 1. The molecule has 0 aliphatic heterocycles. The molecule has 2 unspecified atom stereocenters. The number of hydrogen-bond acceptors (Lipinski definition) is 15. The van der Waals surface area contributed by atoms with Crippen molar-refractivity contribution >= 4 is 39.5 Å². The van der Waals surface area contributed by atoms with E-state index in [1.807, 2.05) is 0 Å². The molecule has 0 saturated heterocycles. The maximum Gasteiger partial charge on any atom is 0.472 e. The fourth-order valence-electron chi connectivity index (χ4n) is 8.60. The molecule has 0 bridgehead atoms. The molecule has 0 aromatic carbocycles. The second kappa shape index (κ2) is 54.3. The lowest BCUT2D eigenvalue weighted by Gasteiger charge is -2.21. The van der Waals surface area contributed by atoms with Crippen molar-refractivity contribution in [2.75, 3.05) is 39.6 Å². The molecular formula is C59H112O17P2-2. The van der Waals surface area contributed by atoms with E-state index in [1.54, 1.807) is 0 Å². The van der Waals surface area contributed by atoms with Crippen LogP contribution in [0.3, 0.4) is 0 Å². The number of carbonyl (C=O) groups is 4. The summed E-state index contributed by atoms with van der Waals surface area (Å²) >= 11 is 0. The Morgan fingerprint density at radius 2 is 0.577 bits per heavy atom. The summed E-state index contributed by atoms with van der Waals surface area (Å²) in [6, 6.07) is 0. The number of phosphoric acid groups is 2. The van der Waals surface area contributed by atoms with E-state index in [1.165, 1.54) is 122 Å². The van der Waals surface area contributed by atoms with Crippen LogP contribution in [0.25, 0.3) is 0 Å². The molecule has 0 amide bonds. The van der Waals surface area contributed by atoms with E-state index in [9.17, 15) is 43.2 Å². The normalized spacial score (nSPS) is 14.3. The van der Waals surface area contributed by atoms with E-state index < -0.39 is 97.5 Å². The van der Waals surface area contributed by atoms with Crippen molar-refractivity contribution in [1.82, 2.24) is 0 Å². The molecule has 0 fully saturated rings. The van der Waals surface area contributed by atoms with Crippen LogP contribution in [-0.4, -0.2) is 96.7 Å². The average Bonchev–Trinajstić information content (AvgIpc) is 3.41. The Morgan fingerprint density at radius 3 is 0.859 bits per heavy atom. The zero-order valence-electron chi connectivity index (χ0n) is 49.0. The number of unbranched alkanes of at least 4 members (excludes halogenated alkanes) is 34. The number of rotatable bonds is 60. The van der Waals surface area contributed by atoms with Crippen LogP contribution in [0.1, 0.15) is 284 Å². The Hall–Kier alpha value is -1.94. The third-order valence-electron chi connectivity index (χ3n) is 13.4. The van der Waals surface area contributed by atoms with Crippen molar-refractivity contribution in [3.63, 3.8) is 0 Å². The van der Waals surface area contributed by atoms with Gasteiger partial charge in [0.05, 0.1) is 26.4 Å². The molecule has 0 heterocycles. The van der Waals surface area contributed by atoms with Crippen molar-refractivity contribution in [1.29, 1.82) is 0 Å². The van der Waals surface area contributed by atoms with Crippen LogP contribution < -0.4 is 0 Å². The zero-order chi connectivity index (χ0) is 57.6. The van der Waals surface area contributed by atoms with Gasteiger partial charge in [0.1, 0.15) is 19.3 Å². The lowest BCUT2D eigenvalue weighted by atomic mass is 10.0. The van der Waals surface area contributed by atoms with Gasteiger partial charge in [0, 0.05) is 25.7 Å². The van der Waals surface area contributed by atoms with E-state index in [4.69, 9.17) is 37.0 Å². The number of esters is 4. The van der Waals surface area contributed by atoms with Gasteiger partial charge in [-0.1, -0.05) is 219 Å². The Bertz CT molecular complexity index is 1520. The first-order chi connectivity index (χ1) is 37.7. The fraction of sp³-hybridized carbons (Fsp3) is 0.898. The van der Waals surface area contributed by atoms with Crippen molar-refractivity contribution in [2.24, 2.45) is 0 Å². The second-order valence-corrected chi connectivity index (χ2v) is 24.0. The summed E-state index contributed by atoms with van der Waals surface area (Å²) in [7, 11) is -9.87. The summed E-state index contributed by atoms with van der Waals surface area (Å²) in [5.74, 6) is -2.20. The summed E-state index contributed by atoms with van der Waals surface area (Å²) in [5, 5.41) is 10.4. The highest BCUT2D eigenvalue weighted by molar-refractivity contribution is 7.47. The van der Waals surface area contributed by atoms with Gasteiger partial charge < -0.3 is 47.7 Å². The maximum absolute atomic E-state index is 12.9. The highest BCUT2D eigenvalue weighted by Crippen LogP contribution is 2.45. The van der Waals surface area contributed by atoms with E-state index in [-0.39, 0.29) is 25.7 Å². The number of ether oxygens (including phenoxy) is 4. The van der Waals surface area contributed by atoms with Crippen molar-refractivity contribution in [3.8, 4) is 0 Å². The van der Waals surface area contributed by atoms with Crippen LogP contribution in [0.15, 0.2) is 0 Å². The molecule has 5 atom stereocenters. The number of hydrogen-bond donors (Lipinski definition) is 3. The summed E-state index contributed by atoms with van der Waals surface area (Å²) in [5.41, 5.74) is 0. The second-order valence-electron chi connectivity index (χ2n) is 21.1. The van der Waals surface area contributed by atoms with Crippen LogP contribution >= 0.6 is 15.6 Å². The first kappa shape index (κ1) is 76.1. The monoisotopic (exact) mass is 1150 g/mol. The molecule has 19 heteroatoms. The third kappa shape index (κ3) is 53.4. The van der Waals surface area contributed by atoms with Crippen LogP contribution in [0.4, 0.5) is 0 Å². The Labute approximate surface area is 473 Å². The molecule has 0 saturated carbocycles. The minimum absolute atomic E-state index is 0.0669. The van der Waals surface area contributed by atoms with Gasteiger partial charge in [0.25, 0.3) is 0 Å². The van der Waals surface area contributed by atoms with Gasteiger partial charge in [-0.15, -0.1) is 0 Å². The quantitative estimate of drug-likeness (QED) is 0.0169. The Kier molecular flexibility index (Phi) is 53.0. The first-order valence-corrected chi connectivity index (χ1v) is 33.9. The van der Waals surface area contributed by atoms with E-state index in [0.29, 0.717) is 25.7 Å². The summed E-state index contributed by atoms with van der Waals surface area (Å²) in [6.07, 6.45) is 37.3. The lowest BCUT2D eigenvalue weighted by molar-refractivity contribution is -0.161. The van der Waals surface area contributed by atoms with Gasteiger partial charge in [-0.2, -0.15) is 12.8 Å². The molecule has 17 nitrogen and oxygen atoms in total. The van der Waals surface area contributed by atoms with Gasteiger partial charge >= 0.3 is 39.5 Å². The minimum Gasteiger partial charge on any atom is -0.462 e. The molecule has 0 aliphatic carbocycles. The van der Waals surface area contributed by atoms with Gasteiger partial charge in [-0.3, -0.25) is 37.3 Å². The van der Waals surface area contributed by atoms with E-state index in [0.717, 1.165) is 96.3 Å². The summed E-state index contributed by atoms with van der Waals surface area (Å²) in [4.78, 5) is 71.3. The van der Waals surface area contributed by atoms with Crippen molar-refractivity contribution in [2.45, 2.75) is 302 Å². The van der Waals surface area contributed by atoms with E-state index >= 15 is 0 Å². The standard InChI is InChI=1S/C59H112O17P2/c1-5-9-13-17-19-21-23-25-27-29-31-33-35-38-42-46-59(64)76-55(50-70-57(62)44-41-37-34-32-30-28-26-24-22-20-18-14-10-6-2)52-74-78(67,68)72-48-53(60)47-71-77(65,66)73-51-54(75-58(63)45-39-16-12-8-4)49-69-56(61)43-40-36-15-11-7-3/h53-55,60H,2,4-52H2,1,3H3,(H,65,66)(H,67,68)/q-2/t53-,54-,55-/m1/s1. The van der Waals surface area contributed by atoms with E-state index in [2.05, 4.69) is 27.7 Å². The topological polar surface area (TPSA) is 237 Å².